The minimum absolute atomic E-state index is 0.0413. The van der Waals surface area contributed by atoms with Gasteiger partial charge in [0, 0.05) is 17.0 Å². The molecule has 3 nitrogen and oxygen atoms in total. The predicted molar refractivity (Wildman–Crippen MR) is 119 cm³/mol. The third kappa shape index (κ3) is 3.46. The van der Waals surface area contributed by atoms with Gasteiger partial charge in [-0.1, -0.05) is 73.3 Å². The molecule has 29 heavy (non-hydrogen) atoms. The number of benzene rings is 2. The van der Waals surface area contributed by atoms with E-state index in [9.17, 15) is 4.79 Å². The van der Waals surface area contributed by atoms with E-state index in [2.05, 4.69) is 34.9 Å². The number of hydrogen-bond donors (Lipinski definition) is 2. The second-order valence-corrected chi connectivity index (χ2v) is 8.98. The summed E-state index contributed by atoms with van der Waals surface area (Å²) in [5.74, 6) is 0.772. The maximum atomic E-state index is 13.2. The number of hydrogen-bond acceptors (Lipinski definition) is 2. The first-order valence-electron chi connectivity index (χ1n) is 10.8. The fourth-order valence-corrected chi connectivity index (χ4v) is 5.61. The number of para-hydroxylation sites is 1. The van der Waals surface area contributed by atoms with Gasteiger partial charge in [0.15, 0.2) is 0 Å². The smallest absolute Gasteiger partial charge is 0.253 e. The number of carbonyl (C=O) groups is 1. The molecule has 0 radical (unpaired) electrons. The topological polar surface area (TPSA) is 41.1 Å². The lowest BCUT2D eigenvalue weighted by molar-refractivity contribution is 0.0928. The van der Waals surface area contributed by atoms with Gasteiger partial charge in [-0.15, -0.1) is 0 Å². The highest BCUT2D eigenvalue weighted by Gasteiger charge is 2.40. The summed E-state index contributed by atoms with van der Waals surface area (Å²) in [6.07, 6.45) is 11.5. The molecule has 1 amide bonds. The number of fused-ring (bicyclic) bond motifs is 3. The molecule has 0 saturated heterocycles. The summed E-state index contributed by atoms with van der Waals surface area (Å²) in [6, 6.07) is 14.6. The van der Waals surface area contributed by atoms with E-state index in [4.69, 9.17) is 11.6 Å². The van der Waals surface area contributed by atoms with E-state index in [0.717, 1.165) is 41.1 Å². The molecule has 0 aromatic heterocycles. The van der Waals surface area contributed by atoms with E-state index in [-0.39, 0.29) is 11.9 Å². The first-order chi connectivity index (χ1) is 14.2. The molecule has 1 aliphatic heterocycles. The molecule has 2 aliphatic carbocycles. The number of allylic oxidation sites excluding steroid dienone is 2. The number of anilines is 1. The van der Waals surface area contributed by atoms with Gasteiger partial charge in [-0.3, -0.25) is 4.79 Å². The van der Waals surface area contributed by atoms with Gasteiger partial charge in [-0.2, -0.15) is 0 Å². The average molecular weight is 407 g/mol. The monoisotopic (exact) mass is 406 g/mol. The second kappa shape index (κ2) is 7.87. The minimum Gasteiger partial charge on any atom is -0.377 e. The lowest BCUT2D eigenvalue weighted by atomic mass is 9.76. The summed E-state index contributed by atoms with van der Waals surface area (Å²) >= 11 is 6.57. The molecule has 150 valence electrons. The quantitative estimate of drug-likeness (QED) is 0.593. The average Bonchev–Trinajstić information content (AvgIpc) is 3.24. The minimum atomic E-state index is 0.0413. The zero-order chi connectivity index (χ0) is 19.8. The molecule has 3 atom stereocenters. The van der Waals surface area contributed by atoms with Crippen molar-refractivity contribution in [3.05, 3.63) is 76.3 Å². The van der Waals surface area contributed by atoms with Crippen LogP contribution in [0.3, 0.4) is 0 Å². The Kier molecular flexibility index (Phi) is 5.09. The number of carbonyl (C=O) groups excluding carboxylic acids is 1. The highest BCUT2D eigenvalue weighted by molar-refractivity contribution is 6.31. The van der Waals surface area contributed by atoms with E-state index in [0.29, 0.717) is 17.9 Å². The van der Waals surface area contributed by atoms with Crippen LogP contribution in [0.5, 0.6) is 0 Å². The van der Waals surface area contributed by atoms with Crippen molar-refractivity contribution in [2.45, 2.75) is 56.5 Å². The Hall–Kier alpha value is -2.26. The zero-order valence-electron chi connectivity index (χ0n) is 16.5. The Morgan fingerprint density at radius 2 is 1.79 bits per heavy atom. The summed E-state index contributed by atoms with van der Waals surface area (Å²) in [7, 11) is 0. The fraction of sp³-hybridized carbons (Fsp3) is 0.400. The number of halogens is 1. The van der Waals surface area contributed by atoms with Gasteiger partial charge in [-0.25, -0.2) is 0 Å². The maximum Gasteiger partial charge on any atom is 0.253 e. The standard InChI is InChI=1S/C25H27ClN2O/c26-22-15-5-4-10-20(22)23-18-12-6-11-17(18)19-13-7-14-21(24(19)28-23)25(29)27-16-8-2-1-3-9-16/h4-7,10-11,13-18,23,28H,1-3,8-9,12H2,(H,27,29). The number of rotatable bonds is 3. The van der Waals surface area contributed by atoms with Gasteiger partial charge in [0.2, 0.25) is 0 Å². The van der Waals surface area contributed by atoms with Crippen molar-refractivity contribution in [3.63, 3.8) is 0 Å². The largest absolute Gasteiger partial charge is 0.377 e. The van der Waals surface area contributed by atoms with Gasteiger partial charge < -0.3 is 10.6 Å². The number of amides is 1. The Bertz CT molecular complexity index is 948. The third-order valence-corrected chi connectivity index (χ3v) is 7.17. The van der Waals surface area contributed by atoms with Crippen LogP contribution in [-0.2, 0) is 0 Å². The third-order valence-electron chi connectivity index (χ3n) is 6.82. The molecule has 0 bridgehead atoms. The van der Waals surface area contributed by atoms with Crippen LogP contribution in [0.2, 0.25) is 5.02 Å². The zero-order valence-corrected chi connectivity index (χ0v) is 17.3. The molecule has 3 unspecified atom stereocenters. The van der Waals surface area contributed by atoms with Crippen molar-refractivity contribution in [2.24, 2.45) is 5.92 Å². The van der Waals surface area contributed by atoms with Gasteiger partial charge in [0.25, 0.3) is 5.91 Å². The second-order valence-electron chi connectivity index (χ2n) is 8.58. The van der Waals surface area contributed by atoms with Crippen LogP contribution in [0, 0.1) is 5.92 Å². The predicted octanol–water partition coefficient (Wildman–Crippen LogP) is 6.23. The van der Waals surface area contributed by atoms with Crippen LogP contribution in [0.25, 0.3) is 0 Å². The van der Waals surface area contributed by atoms with Crippen LogP contribution in [0.4, 0.5) is 5.69 Å². The van der Waals surface area contributed by atoms with E-state index >= 15 is 0 Å². The van der Waals surface area contributed by atoms with Crippen molar-refractivity contribution < 1.29 is 4.79 Å². The molecule has 5 rings (SSSR count). The maximum absolute atomic E-state index is 13.2. The van der Waals surface area contributed by atoms with Crippen LogP contribution in [0.15, 0.2) is 54.6 Å². The molecular weight excluding hydrogens is 380 g/mol. The van der Waals surface area contributed by atoms with Crippen molar-refractivity contribution in [1.82, 2.24) is 5.32 Å². The molecule has 2 N–H and O–H groups in total. The molecule has 1 heterocycles. The molecular formula is C25H27ClN2O. The summed E-state index contributed by atoms with van der Waals surface area (Å²) in [5.41, 5.74) is 4.06. The molecule has 4 heteroatoms. The molecule has 1 saturated carbocycles. The fourth-order valence-electron chi connectivity index (χ4n) is 5.36. The molecule has 3 aliphatic rings. The summed E-state index contributed by atoms with van der Waals surface area (Å²) in [6.45, 7) is 0. The van der Waals surface area contributed by atoms with E-state index in [1.165, 1.54) is 24.8 Å². The van der Waals surface area contributed by atoms with Crippen LogP contribution in [-0.4, -0.2) is 11.9 Å². The lowest BCUT2D eigenvalue weighted by Gasteiger charge is -2.38. The molecule has 2 aromatic carbocycles. The molecule has 2 aromatic rings. The normalized spacial score (nSPS) is 25.8. The highest BCUT2D eigenvalue weighted by atomic mass is 35.5. The summed E-state index contributed by atoms with van der Waals surface area (Å²) in [5, 5.41) is 7.80. The summed E-state index contributed by atoms with van der Waals surface area (Å²) < 4.78 is 0. The Morgan fingerprint density at radius 1 is 1.00 bits per heavy atom. The van der Waals surface area contributed by atoms with Gasteiger partial charge in [-0.05, 0) is 48.4 Å². The lowest BCUT2D eigenvalue weighted by Crippen LogP contribution is -2.37. The van der Waals surface area contributed by atoms with Gasteiger partial charge >= 0.3 is 0 Å². The van der Waals surface area contributed by atoms with Crippen molar-refractivity contribution in [1.29, 1.82) is 0 Å². The Balaban J connectivity index is 1.50. The number of nitrogens with one attached hydrogen (secondary N) is 2. The SMILES string of the molecule is O=C(NC1CCCCC1)c1cccc2c1NC(c1ccccc1Cl)C1CC=CC21. The van der Waals surface area contributed by atoms with Crippen LogP contribution < -0.4 is 10.6 Å². The van der Waals surface area contributed by atoms with E-state index in [1.54, 1.807) is 0 Å². The summed E-state index contributed by atoms with van der Waals surface area (Å²) in [4.78, 5) is 13.2. The molecule has 1 fully saturated rings. The van der Waals surface area contributed by atoms with Crippen molar-refractivity contribution >= 4 is 23.2 Å². The van der Waals surface area contributed by atoms with Gasteiger partial charge in [0.1, 0.15) is 0 Å². The Morgan fingerprint density at radius 3 is 2.62 bits per heavy atom. The first-order valence-corrected chi connectivity index (χ1v) is 11.2. The first kappa shape index (κ1) is 18.7. The Labute approximate surface area is 177 Å². The van der Waals surface area contributed by atoms with Crippen LogP contribution in [0.1, 0.15) is 72.0 Å². The van der Waals surface area contributed by atoms with Gasteiger partial charge in [0.05, 0.1) is 17.3 Å². The van der Waals surface area contributed by atoms with E-state index < -0.39 is 0 Å². The van der Waals surface area contributed by atoms with Crippen LogP contribution >= 0.6 is 11.6 Å². The van der Waals surface area contributed by atoms with Crippen molar-refractivity contribution in [3.8, 4) is 0 Å². The molecule has 0 spiro atoms. The highest BCUT2D eigenvalue weighted by Crippen LogP contribution is 2.51. The van der Waals surface area contributed by atoms with Crippen molar-refractivity contribution in [2.75, 3.05) is 5.32 Å². The van der Waals surface area contributed by atoms with E-state index in [1.807, 2.05) is 30.3 Å².